The fourth-order valence-electron chi connectivity index (χ4n) is 1.61. The Balaban J connectivity index is 2.32. The summed E-state index contributed by atoms with van der Waals surface area (Å²) in [7, 11) is 1.73. The minimum atomic E-state index is -0.379. The second kappa shape index (κ2) is 4.83. The van der Waals surface area contributed by atoms with E-state index in [1.165, 1.54) is 6.07 Å². The van der Waals surface area contributed by atoms with Crippen LogP contribution in [0.3, 0.4) is 0 Å². The maximum atomic E-state index is 13.6. The van der Waals surface area contributed by atoms with Crippen molar-refractivity contribution in [3.05, 3.63) is 54.0 Å². The van der Waals surface area contributed by atoms with Gasteiger partial charge in [-0.2, -0.15) is 0 Å². The number of benzene rings is 1. The number of halogens is 1. The van der Waals surface area contributed by atoms with Crippen LogP contribution in [0.25, 0.3) is 0 Å². The first-order valence-corrected chi connectivity index (χ1v) is 5.38. The Labute approximate surface area is 104 Å². The molecule has 1 aromatic carbocycles. The third kappa shape index (κ3) is 2.29. The van der Waals surface area contributed by atoms with Crippen molar-refractivity contribution in [1.29, 1.82) is 5.41 Å². The van der Waals surface area contributed by atoms with Gasteiger partial charge in [0.25, 0.3) is 0 Å². The molecule has 0 spiro atoms. The van der Waals surface area contributed by atoms with Crippen LogP contribution >= 0.6 is 0 Å². The van der Waals surface area contributed by atoms with Gasteiger partial charge in [0, 0.05) is 24.5 Å². The van der Waals surface area contributed by atoms with Crippen LogP contribution in [0.5, 0.6) is 0 Å². The van der Waals surface area contributed by atoms with E-state index in [1.807, 2.05) is 0 Å². The molecule has 0 amide bonds. The Bertz CT molecular complexity index is 565. The summed E-state index contributed by atoms with van der Waals surface area (Å²) >= 11 is 0. The summed E-state index contributed by atoms with van der Waals surface area (Å²) in [5.41, 5.74) is 6.78. The van der Waals surface area contributed by atoms with E-state index in [2.05, 4.69) is 4.98 Å². The number of amidine groups is 1. The second-order valence-corrected chi connectivity index (χ2v) is 3.83. The highest BCUT2D eigenvalue weighted by Crippen LogP contribution is 2.23. The number of aromatic nitrogens is 1. The average molecular weight is 244 g/mol. The van der Waals surface area contributed by atoms with Crippen LogP contribution < -0.4 is 10.6 Å². The maximum absolute atomic E-state index is 13.6. The average Bonchev–Trinajstić information content (AvgIpc) is 2.38. The number of nitrogens with zero attached hydrogens (tertiary/aromatic N) is 2. The van der Waals surface area contributed by atoms with Crippen molar-refractivity contribution in [2.75, 3.05) is 11.9 Å². The quantitative estimate of drug-likeness (QED) is 0.643. The number of pyridine rings is 1. The molecule has 1 aromatic heterocycles. The molecular formula is C13H13FN4. The highest BCUT2D eigenvalue weighted by Gasteiger charge is 2.10. The van der Waals surface area contributed by atoms with Gasteiger partial charge in [0.2, 0.25) is 0 Å². The highest BCUT2D eigenvalue weighted by molar-refractivity contribution is 5.95. The van der Waals surface area contributed by atoms with Crippen molar-refractivity contribution in [2.45, 2.75) is 0 Å². The van der Waals surface area contributed by atoms with E-state index in [0.717, 1.165) is 5.69 Å². The zero-order valence-electron chi connectivity index (χ0n) is 9.89. The van der Waals surface area contributed by atoms with Crippen molar-refractivity contribution in [1.82, 2.24) is 4.98 Å². The molecule has 2 aromatic rings. The topological polar surface area (TPSA) is 66.0 Å². The number of anilines is 2. The first-order valence-electron chi connectivity index (χ1n) is 5.38. The van der Waals surface area contributed by atoms with Crippen LogP contribution in [0, 0.1) is 11.2 Å². The largest absolute Gasteiger partial charge is 0.384 e. The van der Waals surface area contributed by atoms with Crippen LogP contribution in [0.4, 0.5) is 15.9 Å². The number of nitrogens with two attached hydrogens (primary N) is 1. The van der Waals surface area contributed by atoms with Crippen LogP contribution in [0.1, 0.15) is 5.56 Å². The van der Waals surface area contributed by atoms with Crippen LogP contribution in [0.2, 0.25) is 0 Å². The summed E-state index contributed by atoms with van der Waals surface area (Å²) in [5.74, 6) is -0.114. The van der Waals surface area contributed by atoms with Crippen LogP contribution in [-0.4, -0.2) is 17.9 Å². The molecule has 0 atom stereocenters. The molecule has 0 radical (unpaired) electrons. The van der Waals surface area contributed by atoms with Gasteiger partial charge in [-0.05, 0) is 36.4 Å². The summed E-state index contributed by atoms with van der Waals surface area (Å²) in [4.78, 5) is 5.63. The molecule has 3 N–H and O–H groups in total. The van der Waals surface area contributed by atoms with E-state index in [9.17, 15) is 4.39 Å². The first-order chi connectivity index (χ1) is 8.59. The predicted molar refractivity (Wildman–Crippen MR) is 69.7 cm³/mol. The van der Waals surface area contributed by atoms with E-state index < -0.39 is 0 Å². The third-order valence-corrected chi connectivity index (χ3v) is 2.62. The molecular weight excluding hydrogens is 231 g/mol. The van der Waals surface area contributed by atoms with Gasteiger partial charge < -0.3 is 10.6 Å². The summed E-state index contributed by atoms with van der Waals surface area (Å²) in [6, 6.07) is 9.88. The lowest BCUT2D eigenvalue weighted by molar-refractivity contribution is 0.621. The molecule has 0 aliphatic rings. The predicted octanol–water partition coefficient (Wildman–Crippen LogP) is 2.27. The highest BCUT2D eigenvalue weighted by atomic mass is 19.1. The minimum Gasteiger partial charge on any atom is -0.384 e. The van der Waals surface area contributed by atoms with E-state index in [0.29, 0.717) is 5.56 Å². The Morgan fingerprint density at radius 3 is 2.50 bits per heavy atom. The van der Waals surface area contributed by atoms with Gasteiger partial charge in [-0.1, -0.05) is 0 Å². The summed E-state index contributed by atoms with van der Waals surface area (Å²) in [6.07, 6.45) is 1.54. The number of hydrogen-bond acceptors (Lipinski definition) is 3. The fourth-order valence-corrected chi connectivity index (χ4v) is 1.61. The molecule has 0 saturated carbocycles. The van der Waals surface area contributed by atoms with Crippen molar-refractivity contribution in [3.8, 4) is 0 Å². The molecule has 0 saturated heterocycles. The lowest BCUT2D eigenvalue weighted by atomic mass is 10.2. The first kappa shape index (κ1) is 12.0. The summed E-state index contributed by atoms with van der Waals surface area (Å²) < 4.78 is 13.6. The molecule has 4 nitrogen and oxygen atoms in total. The number of nitrogens with one attached hydrogen (secondary N) is 1. The van der Waals surface area contributed by atoms with Crippen molar-refractivity contribution in [3.63, 3.8) is 0 Å². The summed E-state index contributed by atoms with van der Waals surface area (Å²) in [5, 5.41) is 7.30. The lowest BCUT2D eigenvalue weighted by Crippen LogP contribution is -2.14. The fraction of sp³-hybridized carbons (Fsp3) is 0.0769. The lowest BCUT2D eigenvalue weighted by Gasteiger charge is -2.18. The van der Waals surface area contributed by atoms with Crippen molar-refractivity contribution >= 4 is 17.3 Å². The number of hydrogen-bond donors (Lipinski definition) is 2. The Hall–Kier alpha value is -2.43. The molecule has 18 heavy (non-hydrogen) atoms. The molecule has 1 heterocycles. The van der Waals surface area contributed by atoms with E-state index in [-0.39, 0.29) is 17.5 Å². The van der Waals surface area contributed by atoms with E-state index in [1.54, 1.807) is 48.5 Å². The minimum absolute atomic E-state index is 0.00761. The molecule has 5 heteroatoms. The Morgan fingerprint density at radius 2 is 1.94 bits per heavy atom. The zero-order chi connectivity index (χ0) is 13.1. The van der Waals surface area contributed by atoms with Gasteiger partial charge in [0.05, 0.1) is 0 Å². The van der Waals surface area contributed by atoms with Crippen LogP contribution in [0.15, 0.2) is 42.6 Å². The van der Waals surface area contributed by atoms with Crippen LogP contribution in [-0.2, 0) is 0 Å². The second-order valence-electron chi connectivity index (χ2n) is 3.83. The molecule has 0 aliphatic carbocycles. The maximum Gasteiger partial charge on any atom is 0.169 e. The number of rotatable bonds is 3. The van der Waals surface area contributed by atoms with Gasteiger partial charge in [-0.25, -0.2) is 9.37 Å². The Kier molecular flexibility index (Phi) is 3.23. The van der Waals surface area contributed by atoms with Crippen molar-refractivity contribution in [2.24, 2.45) is 5.73 Å². The molecule has 0 fully saturated rings. The van der Waals surface area contributed by atoms with Crippen molar-refractivity contribution < 1.29 is 4.39 Å². The molecule has 0 bridgehead atoms. The normalized spacial score (nSPS) is 10.1. The van der Waals surface area contributed by atoms with Gasteiger partial charge in [0.15, 0.2) is 11.6 Å². The molecule has 2 rings (SSSR count). The van der Waals surface area contributed by atoms with Gasteiger partial charge in [-0.15, -0.1) is 0 Å². The zero-order valence-corrected chi connectivity index (χ0v) is 9.89. The van der Waals surface area contributed by atoms with Gasteiger partial charge >= 0.3 is 0 Å². The smallest absolute Gasteiger partial charge is 0.169 e. The van der Waals surface area contributed by atoms with E-state index in [4.69, 9.17) is 11.1 Å². The molecule has 0 unspecified atom stereocenters. The third-order valence-electron chi connectivity index (χ3n) is 2.62. The standard InChI is InChI=1S/C13H13FN4/c1-18(13-11(14)3-2-8-17-13)10-6-4-9(5-7-10)12(15)16/h2-8H,1H3,(H3,15,16). The van der Waals surface area contributed by atoms with E-state index >= 15 is 0 Å². The molecule has 92 valence electrons. The number of nitrogen functional groups attached to an aromatic ring is 1. The molecule has 0 aliphatic heterocycles. The summed E-state index contributed by atoms with van der Waals surface area (Å²) in [6.45, 7) is 0. The van der Waals surface area contributed by atoms with Gasteiger partial charge in [-0.3, -0.25) is 5.41 Å². The monoisotopic (exact) mass is 244 g/mol. The van der Waals surface area contributed by atoms with Gasteiger partial charge in [0.1, 0.15) is 5.84 Å². The SMILES string of the molecule is CN(c1ccc(C(=N)N)cc1)c1ncccc1F. The Morgan fingerprint density at radius 1 is 1.28 bits per heavy atom.